The maximum Gasteiger partial charge on any atom is 0.249 e. The third-order valence-corrected chi connectivity index (χ3v) is 6.02. The number of nitrogens with two attached hydrogens (primary N) is 1. The predicted octanol–water partition coefficient (Wildman–Crippen LogP) is 3.61. The van der Waals surface area contributed by atoms with E-state index in [0.29, 0.717) is 23.2 Å². The first kappa shape index (κ1) is 18.9. The van der Waals surface area contributed by atoms with Crippen LogP contribution in [0.15, 0.2) is 42.5 Å². The lowest BCUT2D eigenvalue weighted by Crippen LogP contribution is -2.36. The maximum absolute atomic E-state index is 12.2. The number of aromatic hydroxyl groups is 1. The number of benzene rings is 2. The highest BCUT2D eigenvalue weighted by molar-refractivity contribution is 6.32. The van der Waals surface area contributed by atoms with Crippen molar-refractivity contribution < 1.29 is 14.6 Å². The van der Waals surface area contributed by atoms with Gasteiger partial charge in [0, 0.05) is 41.9 Å². The molecule has 152 valence electrons. The molecule has 3 N–H and O–H groups in total. The molecule has 5 rings (SSSR count). The van der Waals surface area contributed by atoms with Crippen LogP contribution in [-0.4, -0.2) is 42.3 Å². The van der Waals surface area contributed by atoms with Crippen molar-refractivity contribution in [1.82, 2.24) is 4.98 Å². The molecule has 2 aromatic carbocycles. The normalized spacial score (nSPS) is 15.0. The van der Waals surface area contributed by atoms with Crippen molar-refractivity contribution in [3.8, 4) is 28.3 Å². The van der Waals surface area contributed by atoms with Gasteiger partial charge >= 0.3 is 0 Å². The molecule has 0 bridgehead atoms. The molecule has 1 fully saturated rings. The van der Waals surface area contributed by atoms with Gasteiger partial charge in [0.25, 0.3) is 0 Å². The third-order valence-electron chi connectivity index (χ3n) is 5.72. The number of carbonyl (C=O) groups is 1. The van der Waals surface area contributed by atoms with Gasteiger partial charge in [-0.3, -0.25) is 4.79 Å². The van der Waals surface area contributed by atoms with Crippen LogP contribution in [-0.2, 0) is 11.2 Å². The van der Waals surface area contributed by atoms with Gasteiger partial charge in [-0.05, 0) is 47.5 Å². The summed E-state index contributed by atoms with van der Waals surface area (Å²) in [4.78, 5) is 19.4. The third kappa shape index (κ3) is 3.18. The SMILES string of the molecule is NC(=O)c1cc(-c2ccc(O)c(Cl)c2)nc2c1Cc1cc(N3CCOCC3)ccc1-2. The van der Waals surface area contributed by atoms with Crippen molar-refractivity contribution in [3.05, 3.63) is 64.2 Å². The van der Waals surface area contributed by atoms with E-state index in [1.54, 1.807) is 18.2 Å². The van der Waals surface area contributed by atoms with E-state index in [0.717, 1.165) is 54.4 Å². The quantitative estimate of drug-likeness (QED) is 0.527. The van der Waals surface area contributed by atoms with Crippen LogP contribution in [0.5, 0.6) is 5.75 Å². The molecule has 1 aromatic heterocycles. The van der Waals surface area contributed by atoms with E-state index in [1.807, 2.05) is 0 Å². The minimum absolute atomic E-state index is 0.00214. The molecule has 1 saturated heterocycles. The van der Waals surface area contributed by atoms with Crippen molar-refractivity contribution in [3.63, 3.8) is 0 Å². The lowest BCUT2D eigenvalue weighted by atomic mass is 10.0. The highest BCUT2D eigenvalue weighted by Gasteiger charge is 2.27. The molecule has 2 heterocycles. The lowest BCUT2D eigenvalue weighted by Gasteiger charge is -2.29. The van der Waals surface area contributed by atoms with Crippen LogP contribution in [0.25, 0.3) is 22.5 Å². The highest BCUT2D eigenvalue weighted by atomic mass is 35.5. The van der Waals surface area contributed by atoms with Crippen LogP contribution in [0.4, 0.5) is 5.69 Å². The number of halogens is 1. The molecule has 30 heavy (non-hydrogen) atoms. The number of amides is 1. The van der Waals surface area contributed by atoms with Crippen LogP contribution < -0.4 is 10.6 Å². The molecule has 2 aliphatic rings. The summed E-state index contributed by atoms with van der Waals surface area (Å²) < 4.78 is 5.45. The summed E-state index contributed by atoms with van der Waals surface area (Å²) in [5, 5.41) is 9.94. The Kier molecular flexibility index (Phi) is 4.60. The molecule has 1 aliphatic heterocycles. The first-order valence-corrected chi connectivity index (χ1v) is 10.2. The number of phenols is 1. The van der Waals surface area contributed by atoms with Gasteiger partial charge in [0.2, 0.25) is 5.91 Å². The standard InChI is InChI=1S/C23H20ClN3O3/c24-19-11-13(1-4-21(19)28)20-12-18(23(25)29)17-10-14-9-15(27-5-7-30-8-6-27)2-3-16(14)22(17)26-20/h1-4,9,11-12,28H,5-8,10H2,(H2,25,29). The summed E-state index contributed by atoms with van der Waals surface area (Å²) in [5.41, 5.74) is 12.4. The van der Waals surface area contributed by atoms with Crippen LogP contribution in [0.3, 0.4) is 0 Å². The Bertz CT molecular complexity index is 1170. The van der Waals surface area contributed by atoms with Crippen molar-refractivity contribution in [2.75, 3.05) is 31.2 Å². The first-order valence-electron chi connectivity index (χ1n) is 9.80. The van der Waals surface area contributed by atoms with Gasteiger partial charge in [-0.2, -0.15) is 0 Å². The van der Waals surface area contributed by atoms with Gasteiger partial charge in [-0.25, -0.2) is 4.98 Å². The van der Waals surface area contributed by atoms with Crippen LogP contribution in [0, 0.1) is 0 Å². The number of ether oxygens (including phenoxy) is 1. The second-order valence-corrected chi connectivity index (χ2v) is 7.94. The molecule has 0 unspecified atom stereocenters. The van der Waals surface area contributed by atoms with Crippen molar-refractivity contribution in [1.29, 1.82) is 0 Å². The van der Waals surface area contributed by atoms with Gasteiger partial charge < -0.3 is 20.5 Å². The van der Waals surface area contributed by atoms with E-state index >= 15 is 0 Å². The number of hydrogen-bond acceptors (Lipinski definition) is 5. The van der Waals surface area contributed by atoms with Gasteiger partial charge in [0.1, 0.15) is 5.75 Å². The number of aromatic nitrogens is 1. The predicted molar refractivity (Wildman–Crippen MR) is 116 cm³/mol. The summed E-state index contributed by atoms with van der Waals surface area (Å²) in [7, 11) is 0. The zero-order chi connectivity index (χ0) is 20.8. The fraction of sp³-hybridized carbons (Fsp3) is 0.217. The fourth-order valence-corrected chi connectivity index (χ4v) is 4.35. The zero-order valence-corrected chi connectivity index (χ0v) is 16.9. The highest BCUT2D eigenvalue weighted by Crippen LogP contribution is 2.41. The molecule has 0 saturated carbocycles. The zero-order valence-electron chi connectivity index (χ0n) is 16.2. The fourth-order valence-electron chi connectivity index (χ4n) is 4.17. The topological polar surface area (TPSA) is 88.7 Å². The van der Waals surface area contributed by atoms with Crippen LogP contribution >= 0.6 is 11.6 Å². The number of anilines is 1. The summed E-state index contributed by atoms with van der Waals surface area (Å²) in [6.07, 6.45) is 0.616. The summed E-state index contributed by atoms with van der Waals surface area (Å²) in [6, 6.07) is 12.9. The maximum atomic E-state index is 12.2. The average Bonchev–Trinajstić information content (AvgIpc) is 3.13. The average molecular weight is 422 g/mol. The van der Waals surface area contributed by atoms with E-state index in [-0.39, 0.29) is 10.8 Å². The van der Waals surface area contributed by atoms with Crippen molar-refractivity contribution in [2.24, 2.45) is 5.73 Å². The van der Waals surface area contributed by atoms with Crippen molar-refractivity contribution in [2.45, 2.75) is 6.42 Å². The first-order chi connectivity index (χ1) is 14.5. The molecular formula is C23H20ClN3O3. The summed E-state index contributed by atoms with van der Waals surface area (Å²) in [5.74, 6) is -0.487. The Morgan fingerprint density at radius 1 is 1.13 bits per heavy atom. The summed E-state index contributed by atoms with van der Waals surface area (Å²) in [6.45, 7) is 3.18. The number of rotatable bonds is 3. The van der Waals surface area contributed by atoms with E-state index in [2.05, 4.69) is 23.1 Å². The number of hydrogen-bond donors (Lipinski definition) is 2. The minimum atomic E-state index is -0.485. The second kappa shape index (κ2) is 7.31. The Balaban J connectivity index is 1.60. The van der Waals surface area contributed by atoms with Crippen molar-refractivity contribution >= 4 is 23.2 Å². The summed E-state index contributed by atoms with van der Waals surface area (Å²) >= 11 is 6.07. The monoisotopic (exact) mass is 421 g/mol. The molecule has 6 nitrogen and oxygen atoms in total. The lowest BCUT2D eigenvalue weighted by molar-refractivity contribution is 0.0999. The Labute approximate surface area is 178 Å². The molecule has 1 amide bonds. The Morgan fingerprint density at radius 3 is 2.67 bits per heavy atom. The molecule has 7 heteroatoms. The number of pyridine rings is 1. The van der Waals surface area contributed by atoms with Crippen LogP contribution in [0.2, 0.25) is 5.02 Å². The van der Waals surface area contributed by atoms with E-state index in [9.17, 15) is 9.90 Å². The van der Waals surface area contributed by atoms with Gasteiger partial charge in [-0.1, -0.05) is 17.7 Å². The molecular weight excluding hydrogens is 402 g/mol. The number of carbonyl (C=O) groups excluding carboxylic acids is 1. The Hall–Kier alpha value is -3.09. The van der Waals surface area contributed by atoms with E-state index in [1.165, 1.54) is 6.07 Å². The Morgan fingerprint density at radius 2 is 1.93 bits per heavy atom. The molecule has 0 radical (unpaired) electrons. The molecule has 0 atom stereocenters. The smallest absolute Gasteiger partial charge is 0.249 e. The van der Waals surface area contributed by atoms with Gasteiger partial charge in [0.05, 0.1) is 29.6 Å². The van der Waals surface area contributed by atoms with Gasteiger partial charge in [-0.15, -0.1) is 0 Å². The molecule has 1 aliphatic carbocycles. The number of phenolic OH excluding ortho intramolecular Hbond substituents is 1. The number of fused-ring (bicyclic) bond motifs is 3. The largest absolute Gasteiger partial charge is 0.506 e. The van der Waals surface area contributed by atoms with Gasteiger partial charge in [0.15, 0.2) is 0 Å². The van der Waals surface area contributed by atoms with Crippen LogP contribution in [0.1, 0.15) is 21.5 Å². The van der Waals surface area contributed by atoms with E-state index in [4.69, 9.17) is 27.1 Å². The number of nitrogens with zero attached hydrogens (tertiary/aromatic N) is 2. The molecule has 3 aromatic rings. The molecule has 0 spiro atoms. The minimum Gasteiger partial charge on any atom is -0.506 e. The second-order valence-electron chi connectivity index (χ2n) is 7.53. The number of primary amides is 1. The number of morpholine rings is 1. The van der Waals surface area contributed by atoms with E-state index < -0.39 is 5.91 Å².